The first-order chi connectivity index (χ1) is 3.92. The van der Waals surface area contributed by atoms with Gasteiger partial charge in [-0.25, -0.2) is 0 Å². The van der Waals surface area contributed by atoms with E-state index in [9.17, 15) is 0 Å². The number of aryl methyl sites for hydroxylation is 1. The molecule has 0 aromatic rings. The Hall–Kier alpha value is -0.780. The summed E-state index contributed by atoms with van der Waals surface area (Å²) in [6.07, 6.45) is 1.20. The number of fused-ring (bicyclic) bond motifs is 1. The molecular formula is C8H8. The smallest absolute Gasteiger partial charge is 0.0151 e. The summed E-state index contributed by atoms with van der Waals surface area (Å²) in [6.45, 7) is 2.20. The average Bonchev–Trinajstić information content (AvgIpc) is 1.76. The molecule has 0 atom stereocenters. The Balaban J connectivity index is 2.48. The highest BCUT2D eigenvalue weighted by Gasteiger charge is 2.13. The molecule has 8 heavy (non-hydrogen) atoms. The molecule has 2 aliphatic rings. The van der Waals surface area contributed by atoms with Gasteiger partial charge in [-0.05, 0) is 23.1 Å². The van der Waals surface area contributed by atoms with E-state index in [-0.39, 0.29) is 0 Å². The molecule has 0 fully saturated rings. The van der Waals surface area contributed by atoms with Crippen LogP contribution >= 0.6 is 0 Å². The third-order valence-corrected chi connectivity index (χ3v) is 1.80. The Bertz CT molecular complexity index is 223. The minimum Gasteiger partial charge on any atom is -0.0613 e. The second kappa shape index (κ2) is 1.13. The largest absolute Gasteiger partial charge is 0.0613 e. The van der Waals surface area contributed by atoms with Crippen LogP contribution in [-0.4, -0.2) is 0 Å². The number of rotatable bonds is 1. The maximum Gasteiger partial charge on any atom is -0.0151 e. The molecule has 0 nitrogen and oxygen atoms in total. The van der Waals surface area contributed by atoms with E-state index in [2.05, 4.69) is 25.1 Å². The van der Waals surface area contributed by atoms with Crippen LogP contribution in [0, 0.1) is 0 Å². The summed E-state index contributed by atoms with van der Waals surface area (Å²) in [5, 5.41) is 0. The molecule has 0 aromatic heterocycles. The van der Waals surface area contributed by atoms with E-state index in [0.29, 0.717) is 0 Å². The van der Waals surface area contributed by atoms with Crippen molar-refractivity contribution in [3.8, 4) is 11.1 Å². The summed E-state index contributed by atoms with van der Waals surface area (Å²) < 4.78 is 0. The zero-order valence-corrected chi connectivity index (χ0v) is 4.94. The normalized spacial score (nSPS) is 11.6. The van der Waals surface area contributed by atoms with Gasteiger partial charge in [0.25, 0.3) is 0 Å². The number of benzene rings is 1. The minimum atomic E-state index is 1.20. The van der Waals surface area contributed by atoms with Gasteiger partial charge < -0.3 is 0 Å². The van der Waals surface area contributed by atoms with Crippen LogP contribution in [0.4, 0.5) is 0 Å². The summed E-state index contributed by atoms with van der Waals surface area (Å²) in [5.74, 6) is 0. The van der Waals surface area contributed by atoms with Gasteiger partial charge in [-0.15, -0.1) is 0 Å². The lowest BCUT2D eigenvalue weighted by Crippen LogP contribution is -1.97. The maximum absolute atomic E-state index is 2.26. The second-order valence-corrected chi connectivity index (χ2v) is 2.23. The van der Waals surface area contributed by atoms with Crippen molar-refractivity contribution in [1.29, 1.82) is 0 Å². The summed E-state index contributed by atoms with van der Waals surface area (Å²) in [6, 6.07) is 6.61. The van der Waals surface area contributed by atoms with Gasteiger partial charge in [-0.1, -0.05) is 25.1 Å². The van der Waals surface area contributed by atoms with Crippen LogP contribution in [-0.2, 0) is 6.42 Å². The third kappa shape index (κ3) is 0.280. The molecule has 0 heteroatoms. The summed E-state index contributed by atoms with van der Waals surface area (Å²) in [7, 11) is 0. The fourth-order valence-electron chi connectivity index (χ4n) is 1.16. The van der Waals surface area contributed by atoms with Gasteiger partial charge in [-0.3, -0.25) is 0 Å². The lowest BCUT2D eigenvalue weighted by molar-refractivity contribution is 1.12. The van der Waals surface area contributed by atoms with Gasteiger partial charge >= 0.3 is 0 Å². The van der Waals surface area contributed by atoms with Crippen molar-refractivity contribution in [2.24, 2.45) is 0 Å². The first kappa shape index (κ1) is 4.13. The van der Waals surface area contributed by atoms with E-state index in [4.69, 9.17) is 0 Å². The van der Waals surface area contributed by atoms with E-state index in [1.807, 2.05) is 0 Å². The lowest BCUT2D eigenvalue weighted by Gasteiger charge is -2.19. The molecule has 0 amide bonds. The van der Waals surface area contributed by atoms with Gasteiger partial charge in [0.05, 0.1) is 0 Å². The molecule has 0 saturated carbocycles. The predicted octanol–water partition coefficient (Wildman–Crippen LogP) is 2.23. The van der Waals surface area contributed by atoms with Gasteiger partial charge in [0.2, 0.25) is 0 Å². The third-order valence-electron chi connectivity index (χ3n) is 1.80. The summed E-state index contributed by atoms with van der Waals surface area (Å²) in [4.78, 5) is 0. The van der Waals surface area contributed by atoms with Crippen LogP contribution in [0.3, 0.4) is 0 Å². The monoisotopic (exact) mass is 104 g/mol. The molecular weight excluding hydrogens is 96.1 g/mol. The van der Waals surface area contributed by atoms with E-state index in [1.165, 1.54) is 23.1 Å². The Morgan fingerprint density at radius 1 is 1.38 bits per heavy atom. The first-order valence-electron chi connectivity index (χ1n) is 3.05. The van der Waals surface area contributed by atoms with Crippen LogP contribution in [0.15, 0.2) is 18.2 Å². The number of hydrogen-bond acceptors (Lipinski definition) is 0. The van der Waals surface area contributed by atoms with Crippen LogP contribution in [0.2, 0.25) is 0 Å². The molecule has 2 aliphatic carbocycles. The quantitative estimate of drug-likeness (QED) is 0.520. The van der Waals surface area contributed by atoms with E-state index in [1.54, 1.807) is 0 Å². The fourth-order valence-corrected chi connectivity index (χ4v) is 1.16. The van der Waals surface area contributed by atoms with Crippen LogP contribution in [0.25, 0.3) is 11.1 Å². The Morgan fingerprint density at radius 3 is 2.38 bits per heavy atom. The Morgan fingerprint density at radius 2 is 2.25 bits per heavy atom. The van der Waals surface area contributed by atoms with Crippen molar-refractivity contribution in [2.45, 2.75) is 13.3 Å². The van der Waals surface area contributed by atoms with Crippen molar-refractivity contribution < 1.29 is 0 Å². The van der Waals surface area contributed by atoms with Crippen LogP contribution < -0.4 is 0 Å². The number of hydrogen-bond donors (Lipinski definition) is 0. The highest BCUT2D eigenvalue weighted by molar-refractivity contribution is 5.80. The second-order valence-electron chi connectivity index (χ2n) is 2.23. The zero-order chi connectivity index (χ0) is 5.56. The summed E-state index contributed by atoms with van der Waals surface area (Å²) >= 11 is 0. The van der Waals surface area contributed by atoms with Crippen molar-refractivity contribution in [2.75, 3.05) is 0 Å². The van der Waals surface area contributed by atoms with Crippen molar-refractivity contribution in [3.05, 3.63) is 23.8 Å². The molecule has 40 valence electrons. The molecule has 0 heterocycles. The first-order valence-corrected chi connectivity index (χ1v) is 3.05. The van der Waals surface area contributed by atoms with E-state index >= 15 is 0 Å². The Labute approximate surface area is 49.2 Å². The maximum atomic E-state index is 2.26. The lowest BCUT2D eigenvalue weighted by atomic mass is 9.86. The molecule has 0 saturated heterocycles. The molecule has 2 rings (SSSR count). The van der Waals surface area contributed by atoms with E-state index < -0.39 is 0 Å². The Kier molecular flexibility index (Phi) is 0.587. The van der Waals surface area contributed by atoms with Crippen LogP contribution in [0.5, 0.6) is 0 Å². The predicted molar refractivity (Wildman–Crippen MR) is 34.8 cm³/mol. The van der Waals surface area contributed by atoms with Crippen molar-refractivity contribution in [1.82, 2.24) is 0 Å². The molecule has 0 unspecified atom stereocenters. The van der Waals surface area contributed by atoms with Gasteiger partial charge in [0.1, 0.15) is 0 Å². The standard InChI is InChI=1S/C8H8/c1-2-6-5-7-3-4-8(6)7/h3-5H,2H2,1H3. The molecule has 0 aromatic carbocycles. The van der Waals surface area contributed by atoms with E-state index in [0.717, 1.165) is 0 Å². The molecule has 0 aliphatic heterocycles. The van der Waals surface area contributed by atoms with Crippen molar-refractivity contribution >= 4 is 0 Å². The zero-order valence-electron chi connectivity index (χ0n) is 4.94. The average molecular weight is 104 g/mol. The highest BCUT2D eigenvalue weighted by Crippen LogP contribution is 2.36. The van der Waals surface area contributed by atoms with Gasteiger partial charge in [-0.2, -0.15) is 0 Å². The minimum absolute atomic E-state index is 1.20. The molecule has 0 radical (unpaired) electrons. The molecule has 0 N–H and O–H groups in total. The molecule has 0 spiro atoms. The van der Waals surface area contributed by atoms with Crippen LogP contribution in [0.1, 0.15) is 12.5 Å². The topological polar surface area (TPSA) is 0 Å². The SMILES string of the molecule is CCc1cc2ccc1-2. The highest BCUT2D eigenvalue weighted by atomic mass is 14.2. The van der Waals surface area contributed by atoms with Crippen molar-refractivity contribution in [3.63, 3.8) is 0 Å². The van der Waals surface area contributed by atoms with Gasteiger partial charge in [0.15, 0.2) is 0 Å². The summed E-state index contributed by atoms with van der Waals surface area (Å²) in [5.41, 5.74) is 4.50. The van der Waals surface area contributed by atoms with Gasteiger partial charge in [0, 0.05) is 0 Å². The molecule has 0 bridgehead atoms. The fraction of sp³-hybridized carbons (Fsp3) is 0.250.